The molecule has 0 aliphatic heterocycles. The van der Waals surface area contributed by atoms with E-state index in [4.69, 9.17) is 11.6 Å². The normalized spacial score (nSPS) is 11.5. The van der Waals surface area contributed by atoms with E-state index in [-0.39, 0.29) is 17.9 Å². The second-order valence-electron chi connectivity index (χ2n) is 6.60. The molecule has 0 aromatic heterocycles. The van der Waals surface area contributed by atoms with E-state index in [0.717, 1.165) is 11.1 Å². The molecule has 0 aliphatic rings. The number of hydrogen-bond acceptors (Lipinski definition) is 2. The van der Waals surface area contributed by atoms with E-state index in [1.54, 1.807) is 36.4 Å². The largest absolute Gasteiger partial charge is 0.346 e. The quantitative estimate of drug-likeness (QED) is 0.611. The van der Waals surface area contributed by atoms with Gasteiger partial charge in [-0.05, 0) is 61.4 Å². The molecular weight excluding hydrogens is 372 g/mol. The van der Waals surface area contributed by atoms with Gasteiger partial charge in [-0.25, -0.2) is 0 Å². The number of aryl methyl sites for hydroxylation is 1. The maximum atomic E-state index is 12.4. The highest BCUT2D eigenvalue weighted by Crippen LogP contribution is 2.20. The predicted molar refractivity (Wildman–Crippen MR) is 113 cm³/mol. The number of amides is 2. The molecule has 0 fully saturated rings. The molecule has 0 saturated carbocycles. The van der Waals surface area contributed by atoms with Gasteiger partial charge in [0.05, 0.1) is 6.04 Å². The Morgan fingerprint density at radius 3 is 2.07 bits per heavy atom. The number of nitrogens with one attached hydrogen (secondary N) is 2. The van der Waals surface area contributed by atoms with Crippen molar-refractivity contribution >= 4 is 29.1 Å². The van der Waals surface area contributed by atoms with Gasteiger partial charge < -0.3 is 10.6 Å². The summed E-state index contributed by atoms with van der Waals surface area (Å²) >= 11 is 6.09. The molecule has 4 nitrogen and oxygen atoms in total. The zero-order valence-corrected chi connectivity index (χ0v) is 16.5. The molecule has 1 atom stereocenters. The van der Waals surface area contributed by atoms with Crippen molar-refractivity contribution in [3.05, 3.63) is 100 Å². The molecule has 142 valence electrons. The molecule has 5 heteroatoms. The van der Waals surface area contributed by atoms with Crippen molar-refractivity contribution in [1.82, 2.24) is 5.32 Å². The van der Waals surface area contributed by atoms with Gasteiger partial charge in [0.1, 0.15) is 0 Å². The Bertz CT molecular complexity index is 985. The van der Waals surface area contributed by atoms with E-state index in [9.17, 15) is 9.59 Å². The Labute approximate surface area is 169 Å². The van der Waals surface area contributed by atoms with Crippen molar-refractivity contribution in [2.75, 3.05) is 5.32 Å². The first kappa shape index (κ1) is 19.6. The van der Waals surface area contributed by atoms with Gasteiger partial charge in [-0.15, -0.1) is 0 Å². The number of hydrogen-bond donors (Lipinski definition) is 2. The van der Waals surface area contributed by atoms with Crippen molar-refractivity contribution in [3.8, 4) is 0 Å². The molecule has 2 amide bonds. The number of carbonyl (C=O) groups is 2. The van der Waals surface area contributed by atoms with Crippen LogP contribution in [0.3, 0.4) is 0 Å². The summed E-state index contributed by atoms with van der Waals surface area (Å²) in [7, 11) is 0. The van der Waals surface area contributed by atoms with E-state index in [0.29, 0.717) is 21.8 Å². The average Bonchev–Trinajstić information content (AvgIpc) is 2.71. The third-order valence-corrected chi connectivity index (χ3v) is 4.89. The van der Waals surface area contributed by atoms with E-state index in [1.807, 2.05) is 50.2 Å². The summed E-state index contributed by atoms with van der Waals surface area (Å²) in [5, 5.41) is 6.36. The SMILES string of the molecule is Cc1ccc(NC(=O)c2ccc(C(=O)NC(C)c3ccccc3)cc2)cc1Cl. The highest BCUT2D eigenvalue weighted by atomic mass is 35.5. The van der Waals surface area contributed by atoms with Crippen LogP contribution in [0.25, 0.3) is 0 Å². The molecule has 0 saturated heterocycles. The fourth-order valence-corrected chi connectivity index (χ4v) is 2.93. The van der Waals surface area contributed by atoms with Gasteiger partial charge in [0.2, 0.25) is 0 Å². The second kappa shape index (κ2) is 8.72. The van der Waals surface area contributed by atoms with Gasteiger partial charge in [0, 0.05) is 21.8 Å². The summed E-state index contributed by atoms with van der Waals surface area (Å²) in [4.78, 5) is 24.8. The van der Waals surface area contributed by atoms with E-state index in [1.165, 1.54) is 0 Å². The van der Waals surface area contributed by atoms with Crippen LogP contribution in [-0.4, -0.2) is 11.8 Å². The standard InChI is InChI=1S/C23H21ClN2O2/c1-15-8-13-20(14-21(15)24)26-23(28)19-11-9-18(10-12-19)22(27)25-16(2)17-6-4-3-5-7-17/h3-14,16H,1-2H3,(H,25,27)(H,26,28). The van der Waals surface area contributed by atoms with Crippen LogP contribution in [0, 0.1) is 6.92 Å². The average molecular weight is 393 g/mol. The van der Waals surface area contributed by atoms with Gasteiger partial charge in [0.25, 0.3) is 11.8 Å². The number of benzene rings is 3. The molecule has 0 aliphatic carbocycles. The monoisotopic (exact) mass is 392 g/mol. The number of halogens is 1. The molecule has 3 aromatic carbocycles. The summed E-state index contributed by atoms with van der Waals surface area (Å²) in [6, 6.07) is 21.5. The highest BCUT2D eigenvalue weighted by Gasteiger charge is 2.13. The highest BCUT2D eigenvalue weighted by molar-refractivity contribution is 6.31. The Morgan fingerprint density at radius 2 is 1.46 bits per heavy atom. The van der Waals surface area contributed by atoms with Crippen LogP contribution in [0.1, 0.15) is 44.8 Å². The molecule has 3 rings (SSSR count). The number of anilines is 1. The first-order valence-corrected chi connectivity index (χ1v) is 9.35. The molecule has 28 heavy (non-hydrogen) atoms. The molecule has 0 bridgehead atoms. The first-order valence-electron chi connectivity index (χ1n) is 8.97. The van der Waals surface area contributed by atoms with E-state index in [2.05, 4.69) is 10.6 Å². The van der Waals surface area contributed by atoms with Crippen LogP contribution in [-0.2, 0) is 0 Å². The molecule has 0 radical (unpaired) electrons. The maximum Gasteiger partial charge on any atom is 0.255 e. The summed E-state index contributed by atoms with van der Waals surface area (Å²) in [5.74, 6) is -0.446. The number of carbonyl (C=O) groups excluding carboxylic acids is 2. The van der Waals surface area contributed by atoms with Crippen LogP contribution < -0.4 is 10.6 Å². The van der Waals surface area contributed by atoms with Crippen LogP contribution in [0.2, 0.25) is 5.02 Å². The van der Waals surface area contributed by atoms with Gasteiger partial charge >= 0.3 is 0 Å². The summed E-state index contributed by atoms with van der Waals surface area (Å²) in [6.07, 6.45) is 0. The Kier molecular flexibility index (Phi) is 6.12. The topological polar surface area (TPSA) is 58.2 Å². The summed E-state index contributed by atoms with van der Waals surface area (Å²) in [6.45, 7) is 3.83. The lowest BCUT2D eigenvalue weighted by molar-refractivity contribution is 0.0938. The summed E-state index contributed by atoms with van der Waals surface area (Å²) in [5.41, 5.74) is 3.56. The van der Waals surface area contributed by atoms with Crippen molar-refractivity contribution in [2.45, 2.75) is 19.9 Å². The molecule has 3 aromatic rings. The molecule has 0 spiro atoms. The Morgan fingerprint density at radius 1 is 0.857 bits per heavy atom. The summed E-state index contributed by atoms with van der Waals surface area (Å²) < 4.78 is 0. The Hall–Kier alpha value is -3.11. The van der Waals surface area contributed by atoms with Crippen molar-refractivity contribution in [3.63, 3.8) is 0 Å². The van der Waals surface area contributed by atoms with Gasteiger partial charge in [-0.2, -0.15) is 0 Å². The van der Waals surface area contributed by atoms with Crippen molar-refractivity contribution < 1.29 is 9.59 Å². The Balaban J connectivity index is 1.64. The predicted octanol–water partition coefficient (Wildman–Crippen LogP) is 5.39. The molecular formula is C23H21ClN2O2. The minimum Gasteiger partial charge on any atom is -0.346 e. The van der Waals surface area contributed by atoms with E-state index < -0.39 is 0 Å². The lowest BCUT2D eigenvalue weighted by atomic mass is 10.1. The lowest BCUT2D eigenvalue weighted by Gasteiger charge is -2.14. The number of rotatable bonds is 5. The molecule has 2 N–H and O–H groups in total. The minimum atomic E-state index is -0.260. The fraction of sp³-hybridized carbons (Fsp3) is 0.130. The minimum absolute atomic E-state index is 0.108. The fourth-order valence-electron chi connectivity index (χ4n) is 2.75. The first-order chi connectivity index (χ1) is 13.4. The van der Waals surface area contributed by atoms with Gasteiger partial charge in [-0.3, -0.25) is 9.59 Å². The van der Waals surface area contributed by atoms with Crippen LogP contribution in [0.4, 0.5) is 5.69 Å². The van der Waals surface area contributed by atoms with Crippen LogP contribution in [0.5, 0.6) is 0 Å². The van der Waals surface area contributed by atoms with Crippen LogP contribution in [0.15, 0.2) is 72.8 Å². The van der Waals surface area contributed by atoms with Crippen LogP contribution >= 0.6 is 11.6 Å². The smallest absolute Gasteiger partial charge is 0.255 e. The lowest BCUT2D eigenvalue weighted by Crippen LogP contribution is -2.26. The maximum absolute atomic E-state index is 12.4. The molecule has 0 heterocycles. The zero-order valence-electron chi connectivity index (χ0n) is 15.7. The van der Waals surface area contributed by atoms with Crippen molar-refractivity contribution in [1.29, 1.82) is 0 Å². The van der Waals surface area contributed by atoms with E-state index >= 15 is 0 Å². The van der Waals surface area contributed by atoms with Gasteiger partial charge in [0.15, 0.2) is 0 Å². The molecule has 1 unspecified atom stereocenters. The van der Waals surface area contributed by atoms with Gasteiger partial charge in [-0.1, -0.05) is 48.0 Å². The van der Waals surface area contributed by atoms with Crippen molar-refractivity contribution in [2.24, 2.45) is 0 Å². The third-order valence-electron chi connectivity index (χ3n) is 4.49. The zero-order chi connectivity index (χ0) is 20.1. The third kappa shape index (κ3) is 4.78. The second-order valence-corrected chi connectivity index (χ2v) is 7.01.